The third kappa shape index (κ3) is 3.02. The monoisotopic (exact) mass is 279 g/mol. The Labute approximate surface area is 118 Å². The highest BCUT2D eigenvalue weighted by atomic mass is 16.5. The predicted octanol–water partition coefficient (Wildman–Crippen LogP) is 0.846. The molecule has 1 amide bonds. The van der Waals surface area contributed by atoms with E-state index in [1.165, 1.54) is 0 Å². The molecule has 0 aliphatic carbocycles. The van der Waals surface area contributed by atoms with Crippen LogP contribution in [0.15, 0.2) is 18.2 Å². The van der Waals surface area contributed by atoms with Crippen LogP contribution >= 0.6 is 0 Å². The Morgan fingerprint density at radius 3 is 2.95 bits per heavy atom. The molecule has 1 aliphatic heterocycles. The van der Waals surface area contributed by atoms with Crippen LogP contribution in [0.1, 0.15) is 16.8 Å². The molecular formula is C14H21N3O3. The van der Waals surface area contributed by atoms with Crippen molar-refractivity contribution in [2.24, 2.45) is 0 Å². The van der Waals surface area contributed by atoms with Crippen LogP contribution in [0.2, 0.25) is 0 Å². The van der Waals surface area contributed by atoms with Gasteiger partial charge in [-0.3, -0.25) is 4.79 Å². The second-order valence-electron chi connectivity index (χ2n) is 4.93. The normalized spacial score (nSPS) is 21.7. The summed E-state index contributed by atoms with van der Waals surface area (Å²) in [6.07, 6.45) is 0.828. The van der Waals surface area contributed by atoms with Gasteiger partial charge >= 0.3 is 0 Å². The van der Waals surface area contributed by atoms with E-state index in [1.807, 2.05) is 0 Å². The second kappa shape index (κ2) is 6.11. The Morgan fingerprint density at radius 2 is 2.35 bits per heavy atom. The zero-order chi connectivity index (χ0) is 14.6. The highest BCUT2D eigenvalue weighted by molar-refractivity contribution is 6.00. The predicted molar refractivity (Wildman–Crippen MR) is 77.9 cm³/mol. The summed E-state index contributed by atoms with van der Waals surface area (Å²) in [6.45, 7) is 1.81. The lowest BCUT2D eigenvalue weighted by atomic mass is 10.0. The van der Waals surface area contributed by atoms with Gasteiger partial charge in [0.05, 0.1) is 12.2 Å². The summed E-state index contributed by atoms with van der Waals surface area (Å²) in [5, 5.41) is 5.87. The minimum Gasteiger partial charge on any atom is -0.399 e. The van der Waals surface area contributed by atoms with Crippen molar-refractivity contribution in [3.8, 4) is 0 Å². The molecular weight excluding hydrogens is 258 g/mol. The lowest BCUT2D eigenvalue weighted by molar-refractivity contribution is -0.00621. The largest absolute Gasteiger partial charge is 0.399 e. The molecule has 20 heavy (non-hydrogen) atoms. The van der Waals surface area contributed by atoms with E-state index >= 15 is 0 Å². The van der Waals surface area contributed by atoms with Gasteiger partial charge in [0.25, 0.3) is 5.91 Å². The Bertz CT molecular complexity index is 485. The number of rotatable bonds is 5. The van der Waals surface area contributed by atoms with Gasteiger partial charge in [0.2, 0.25) is 0 Å². The number of amides is 1. The zero-order valence-corrected chi connectivity index (χ0v) is 11.9. The van der Waals surface area contributed by atoms with E-state index in [9.17, 15) is 4.79 Å². The molecule has 1 unspecified atom stereocenters. The summed E-state index contributed by atoms with van der Waals surface area (Å²) in [7, 11) is 3.28. The van der Waals surface area contributed by atoms with Crippen molar-refractivity contribution in [3.63, 3.8) is 0 Å². The zero-order valence-electron chi connectivity index (χ0n) is 11.9. The minimum atomic E-state index is -0.343. The van der Waals surface area contributed by atoms with E-state index in [0.29, 0.717) is 36.7 Å². The molecule has 1 aromatic carbocycles. The number of hydrogen-bond donors (Lipinski definition) is 3. The lowest BCUT2D eigenvalue weighted by Gasteiger charge is -2.27. The van der Waals surface area contributed by atoms with E-state index in [-0.39, 0.29) is 11.5 Å². The van der Waals surface area contributed by atoms with E-state index in [1.54, 1.807) is 32.4 Å². The number of carbonyl (C=O) groups excluding carboxylic acids is 1. The number of nitrogen functional groups attached to an aromatic ring is 1. The molecule has 0 bridgehead atoms. The molecule has 0 spiro atoms. The lowest BCUT2D eigenvalue weighted by Crippen LogP contribution is -2.40. The number of nitrogens with one attached hydrogen (secondary N) is 2. The van der Waals surface area contributed by atoms with Gasteiger partial charge in [-0.05, 0) is 18.2 Å². The van der Waals surface area contributed by atoms with Gasteiger partial charge in [0, 0.05) is 45.1 Å². The van der Waals surface area contributed by atoms with E-state index in [4.69, 9.17) is 15.2 Å². The first kappa shape index (κ1) is 14.6. The first-order valence-corrected chi connectivity index (χ1v) is 6.58. The van der Waals surface area contributed by atoms with Gasteiger partial charge in [-0.1, -0.05) is 0 Å². The maximum absolute atomic E-state index is 11.8. The molecule has 1 heterocycles. The molecule has 1 fully saturated rings. The topological polar surface area (TPSA) is 85.6 Å². The first-order chi connectivity index (χ1) is 9.60. The second-order valence-corrected chi connectivity index (χ2v) is 4.93. The summed E-state index contributed by atoms with van der Waals surface area (Å²) in [5.41, 5.74) is 7.32. The molecule has 1 saturated heterocycles. The summed E-state index contributed by atoms with van der Waals surface area (Å²) >= 11 is 0. The van der Waals surface area contributed by atoms with Crippen molar-refractivity contribution in [1.29, 1.82) is 0 Å². The molecule has 0 aromatic heterocycles. The van der Waals surface area contributed by atoms with Crippen molar-refractivity contribution in [2.45, 2.75) is 12.0 Å². The van der Waals surface area contributed by atoms with Gasteiger partial charge in [0.15, 0.2) is 0 Å². The average Bonchev–Trinajstić information content (AvgIpc) is 2.94. The van der Waals surface area contributed by atoms with Gasteiger partial charge in [-0.2, -0.15) is 0 Å². The Morgan fingerprint density at radius 1 is 1.55 bits per heavy atom. The third-order valence-corrected chi connectivity index (χ3v) is 3.62. The minimum absolute atomic E-state index is 0.151. The van der Waals surface area contributed by atoms with E-state index in [0.717, 1.165) is 6.42 Å². The maximum atomic E-state index is 11.8. The van der Waals surface area contributed by atoms with Crippen LogP contribution in [-0.2, 0) is 9.47 Å². The Kier molecular flexibility index (Phi) is 4.46. The van der Waals surface area contributed by atoms with Gasteiger partial charge in [0.1, 0.15) is 5.60 Å². The number of carbonyl (C=O) groups is 1. The number of ether oxygens (including phenoxy) is 2. The maximum Gasteiger partial charge on any atom is 0.253 e. The number of anilines is 2. The van der Waals surface area contributed by atoms with Crippen LogP contribution < -0.4 is 16.4 Å². The van der Waals surface area contributed by atoms with Crippen LogP contribution in [0, 0.1) is 0 Å². The molecule has 1 atom stereocenters. The number of hydrogen-bond acceptors (Lipinski definition) is 5. The molecule has 4 N–H and O–H groups in total. The first-order valence-electron chi connectivity index (χ1n) is 6.58. The van der Waals surface area contributed by atoms with Crippen molar-refractivity contribution in [3.05, 3.63) is 23.8 Å². The average molecular weight is 279 g/mol. The molecule has 1 aliphatic rings. The van der Waals surface area contributed by atoms with Crippen molar-refractivity contribution in [2.75, 3.05) is 45.0 Å². The van der Waals surface area contributed by atoms with Crippen LogP contribution in [-0.4, -0.2) is 45.4 Å². The number of methoxy groups -OCH3 is 1. The van der Waals surface area contributed by atoms with Crippen LogP contribution in [0.4, 0.5) is 11.4 Å². The fraction of sp³-hybridized carbons (Fsp3) is 0.500. The molecule has 0 saturated carbocycles. The fourth-order valence-corrected chi connectivity index (χ4v) is 2.26. The highest BCUT2D eigenvalue weighted by Crippen LogP contribution is 2.25. The third-order valence-electron chi connectivity index (χ3n) is 3.62. The fourth-order valence-electron chi connectivity index (χ4n) is 2.26. The molecule has 0 radical (unpaired) electrons. The Balaban J connectivity index is 2.15. The molecule has 6 heteroatoms. The van der Waals surface area contributed by atoms with Crippen LogP contribution in [0.25, 0.3) is 0 Å². The van der Waals surface area contributed by atoms with Gasteiger partial charge < -0.3 is 25.8 Å². The highest BCUT2D eigenvalue weighted by Gasteiger charge is 2.34. The summed E-state index contributed by atoms with van der Waals surface area (Å²) in [5.74, 6) is -0.151. The smallest absolute Gasteiger partial charge is 0.253 e. The summed E-state index contributed by atoms with van der Waals surface area (Å²) < 4.78 is 11.0. The summed E-state index contributed by atoms with van der Waals surface area (Å²) in [4.78, 5) is 11.8. The van der Waals surface area contributed by atoms with Gasteiger partial charge in [-0.15, -0.1) is 0 Å². The molecule has 6 nitrogen and oxygen atoms in total. The van der Waals surface area contributed by atoms with E-state index < -0.39 is 0 Å². The van der Waals surface area contributed by atoms with Crippen LogP contribution in [0.3, 0.4) is 0 Å². The van der Waals surface area contributed by atoms with E-state index in [2.05, 4.69) is 10.6 Å². The Hall–Kier alpha value is -1.79. The number of benzene rings is 1. The molecule has 110 valence electrons. The van der Waals surface area contributed by atoms with Crippen LogP contribution in [0.5, 0.6) is 0 Å². The van der Waals surface area contributed by atoms with Crippen molar-refractivity contribution in [1.82, 2.24) is 5.32 Å². The van der Waals surface area contributed by atoms with Gasteiger partial charge in [-0.25, -0.2) is 0 Å². The van der Waals surface area contributed by atoms with Crippen molar-refractivity contribution < 1.29 is 14.3 Å². The SMILES string of the molecule is CNC(=O)c1ccc(N)cc1NCC1(OC)CCOC1. The number of nitrogens with two attached hydrogens (primary N) is 1. The quantitative estimate of drug-likeness (QED) is 0.696. The molecule has 2 rings (SSSR count). The summed E-state index contributed by atoms with van der Waals surface area (Å²) in [6, 6.07) is 5.17. The standard InChI is InChI=1S/C14H21N3O3/c1-16-13(18)11-4-3-10(15)7-12(11)17-8-14(19-2)5-6-20-9-14/h3-4,7,17H,5-6,8-9,15H2,1-2H3,(H,16,18). The van der Waals surface area contributed by atoms with Crippen molar-refractivity contribution >= 4 is 17.3 Å². The molecule has 1 aromatic rings.